The van der Waals surface area contributed by atoms with Crippen LogP contribution in [0.15, 0.2) is 0 Å². The number of rotatable bonds is 10. The number of ether oxygens (including phenoxy) is 1. The smallest absolute Gasteiger partial charge is 0.0469 e. The van der Waals surface area contributed by atoms with Crippen molar-refractivity contribution < 1.29 is 4.74 Å². The topological polar surface area (TPSA) is 21.3 Å². The molecule has 0 amide bonds. The van der Waals surface area contributed by atoms with Gasteiger partial charge in [-0.1, -0.05) is 34.6 Å². The normalized spacial score (nSPS) is 13.7. The van der Waals surface area contributed by atoms with Gasteiger partial charge in [0.2, 0.25) is 0 Å². The second-order valence-corrected chi connectivity index (χ2v) is 5.40. The van der Waals surface area contributed by atoms with Crippen molar-refractivity contribution in [3.05, 3.63) is 0 Å². The maximum Gasteiger partial charge on any atom is 0.0469 e. The lowest BCUT2D eigenvalue weighted by Crippen LogP contribution is -2.27. The summed E-state index contributed by atoms with van der Waals surface area (Å²) in [6.45, 7) is 15.3. The maximum atomic E-state index is 5.68. The first-order valence-electron chi connectivity index (χ1n) is 6.86. The van der Waals surface area contributed by atoms with Gasteiger partial charge < -0.3 is 10.1 Å². The molecule has 0 aromatic heterocycles. The molecule has 0 saturated carbocycles. The van der Waals surface area contributed by atoms with E-state index in [1.807, 2.05) is 0 Å². The predicted octanol–water partition coefficient (Wildman–Crippen LogP) is 3.32. The molecule has 0 aromatic carbocycles. The summed E-state index contributed by atoms with van der Waals surface area (Å²) in [5, 5.41) is 3.43. The molecule has 0 saturated heterocycles. The summed E-state index contributed by atoms with van der Waals surface area (Å²) in [4.78, 5) is 0. The van der Waals surface area contributed by atoms with E-state index in [-0.39, 0.29) is 0 Å². The van der Waals surface area contributed by atoms with Crippen LogP contribution in [-0.2, 0) is 4.74 Å². The molecule has 0 aromatic rings. The summed E-state index contributed by atoms with van der Waals surface area (Å²) in [5.41, 5.74) is 0. The van der Waals surface area contributed by atoms with Crippen LogP contribution >= 0.6 is 0 Å². The number of nitrogens with one attached hydrogen (secondary N) is 1. The highest BCUT2D eigenvalue weighted by molar-refractivity contribution is 4.65. The van der Waals surface area contributed by atoms with Crippen LogP contribution in [0.25, 0.3) is 0 Å². The van der Waals surface area contributed by atoms with Crippen molar-refractivity contribution >= 4 is 0 Å². The number of hydrogen-bond acceptors (Lipinski definition) is 2. The van der Waals surface area contributed by atoms with Crippen molar-refractivity contribution in [2.45, 2.75) is 47.5 Å². The molecule has 16 heavy (non-hydrogen) atoms. The van der Waals surface area contributed by atoms with E-state index in [9.17, 15) is 0 Å². The third-order valence-corrected chi connectivity index (χ3v) is 3.07. The molecule has 0 fully saturated rings. The lowest BCUT2D eigenvalue weighted by molar-refractivity contribution is 0.104. The first kappa shape index (κ1) is 15.9. The van der Waals surface area contributed by atoms with Crippen LogP contribution in [0.1, 0.15) is 47.5 Å². The monoisotopic (exact) mass is 229 g/mol. The van der Waals surface area contributed by atoms with Crippen LogP contribution in [-0.4, -0.2) is 26.3 Å². The molecule has 0 aliphatic carbocycles. The third-order valence-electron chi connectivity index (χ3n) is 3.07. The highest BCUT2D eigenvalue weighted by Gasteiger charge is 2.12. The van der Waals surface area contributed by atoms with Crippen LogP contribution in [0.5, 0.6) is 0 Å². The van der Waals surface area contributed by atoms with Gasteiger partial charge in [-0.15, -0.1) is 0 Å². The van der Waals surface area contributed by atoms with Crippen LogP contribution in [0.3, 0.4) is 0 Å². The van der Waals surface area contributed by atoms with E-state index in [0.29, 0.717) is 0 Å². The maximum absolute atomic E-state index is 5.68. The first-order valence-corrected chi connectivity index (χ1v) is 6.86. The van der Waals surface area contributed by atoms with Gasteiger partial charge in [-0.2, -0.15) is 0 Å². The van der Waals surface area contributed by atoms with Crippen LogP contribution in [0, 0.1) is 17.8 Å². The molecule has 0 radical (unpaired) electrons. The molecule has 0 rings (SSSR count). The average Bonchev–Trinajstić information content (AvgIpc) is 2.21. The summed E-state index contributed by atoms with van der Waals surface area (Å²) in [5.74, 6) is 2.24. The van der Waals surface area contributed by atoms with Crippen molar-refractivity contribution in [3.63, 3.8) is 0 Å². The van der Waals surface area contributed by atoms with Gasteiger partial charge in [0.15, 0.2) is 0 Å². The van der Waals surface area contributed by atoms with Gasteiger partial charge in [0.1, 0.15) is 0 Å². The minimum Gasteiger partial charge on any atom is -0.381 e. The van der Waals surface area contributed by atoms with Crippen molar-refractivity contribution in [3.8, 4) is 0 Å². The summed E-state index contributed by atoms with van der Waals surface area (Å²) in [7, 11) is 0. The Morgan fingerprint density at radius 1 is 1.00 bits per heavy atom. The molecular formula is C14H31NO. The van der Waals surface area contributed by atoms with Gasteiger partial charge >= 0.3 is 0 Å². The summed E-state index contributed by atoms with van der Waals surface area (Å²) < 4.78 is 5.68. The average molecular weight is 229 g/mol. The molecule has 0 aliphatic rings. The molecule has 0 aliphatic heterocycles. The third kappa shape index (κ3) is 9.17. The fraction of sp³-hybridized carbons (Fsp3) is 1.00. The molecular weight excluding hydrogens is 198 g/mol. The molecule has 2 nitrogen and oxygen atoms in total. The quantitative estimate of drug-likeness (QED) is 0.580. The Kier molecular flexibility index (Phi) is 10.0. The highest BCUT2D eigenvalue weighted by atomic mass is 16.5. The second-order valence-electron chi connectivity index (χ2n) is 5.40. The van der Waals surface area contributed by atoms with Gasteiger partial charge in [-0.05, 0) is 43.7 Å². The Labute approximate surface area is 102 Å². The minimum atomic E-state index is 0.743. The van der Waals surface area contributed by atoms with E-state index in [0.717, 1.165) is 44.1 Å². The van der Waals surface area contributed by atoms with Crippen LogP contribution < -0.4 is 5.32 Å². The molecule has 1 N–H and O–H groups in total. The van der Waals surface area contributed by atoms with Gasteiger partial charge in [-0.25, -0.2) is 0 Å². The lowest BCUT2D eigenvalue weighted by Gasteiger charge is -2.21. The van der Waals surface area contributed by atoms with Gasteiger partial charge in [0.25, 0.3) is 0 Å². The van der Waals surface area contributed by atoms with Gasteiger partial charge in [-0.3, -0.25) is 0 Å². The molecule has 1 atom stereocenters. The summed E-state index contributed by atoms with van der Waals surface area (Å²) >= 11 is 0. The predicted molar refractivity (Wildman–Crippen MR) is 71.8 cm³/mol. The van der Waals surface area contributed by atoms with Crippen molar-refractivity contribution in [2.75, 3.05) is 26.3 Å². The van der Waals surface area contributed by atoms with Crippen molar-refractivity contribution in [2.24, 2.45) is 17.8 Å². The molecule has 0 bridgehead atoms. The van der Waals surface area contributed by atoms with E-state index in [2.05, 4.69) is 39.9 Å². The lowest BCUT2D eigenvalue weighted by atomic mass is 9.93. The molecule has 0 spiro atoms. The Bertz CT molecular complexity index is 146. The van der Waals surface area contributed by atoms with E-state index in [1.165, 1.54) is 12.8 Å². The van der Waals surface area contributed by atoms with Crippen molar-refractivity contribution in [1.29, 1.82) is 0 Å². The number of hydrogen-bond donors (Lipinski definition) is 1. The largest absolute Gasteiger partial charge is 0.381 e. The summed E-state index contributed by atoms with van der Waals surface area (Å²) in [6, 6.07) is 0. The standard InChI is InChI=1S/C14H31NO/c1-6-15-11-14(13(4)5)8-10-16-9-7-12(2)3/h12-15H,6-11H2,1-5H3. The summed E-state index contributed by atoms with van der Waals surface area (Å²) in [6.07, 6.45) is 2.36. The second kappa shape index (κ2) is 10.1. The fourth-order valence-corrected chi connectivity index (χ4v) is 1.66. The minimum absolute atomic E-state index is 0.743. The first-order chi connectivity index (χ1) is 7.57. The Morgan fingerprint density at radius 2 is 1.62 bits per heavy atom. The molecule has 1 unspecified atom stereocenters. The Morgan fingerprint density at radius 3 is 2.12 bits per heavy atom. The zero-order valence-corrected chi connectivity index (χ0v) is 11.9. The Balaban J connectivity index is 3.52. The van der Waals surface area contributed by atoms with Gasteiger partial charge in [0, 0.05) is 13.2 Å². The molecule has 0 heterocycles. The molecule has 98 valence electrons. The zero-order chi connectivity index (χ0) is 12.4. The van der Waals surface area contributed by atoms with Crippen LogP contribution in [0.4, 0.5) is 0 Å². The van der Waals surface area contributed by atoms with Gasteiger partial charge in [0.05, 0.1) is 0 Å². The Hall–Kier alpha value is -0.0800. The fourth-order valence-electron chi connectivity index (χ4n) is 1.66. The highest BCUT2D eigenvalue weighted by Crippen LogP contribution is 2.14. The van der Waals surface area contributed by atoms with E-state index < -0.39 is 0 Å². The SMILES string of the molecule is CCNCC(CCOCCC(C)C)C(C)C. The van der Waals surface area contributed by atoms with E-state index in [4.69, 9.17) is 4.74 Å². The zero-order valence-electron chi connectivity index (χ0n) is 11.9. The van der Waals surface area contributed by atoms with Crippen LogP contribution in [0.2, 0.25) is 0 Å². The van der Waals surface area contributed by atoms with E-state index >= 15 is 0 Å². The molecule has 2 heteroatoms. The van der Waals surface area contributed by atoms with Crippen molar-refractivity contribution in [1.82, 2.24) is 5.32 Å². The van der Waals surface area contributed by atoms with E-state index in [1.54, 1.807) is 0 Å².